The molecule has 0 aliphatic carbocycles. The van der Waals surface area contributed by atoms with E-state index >= 15 is 0 Å². The second-order valence-corrected chi connectivity index (χ2v) is 7.30. The van der Waals surface area contributed by atoms with Crippen LogP contribution in [-0.4, -0.2) is 26.3 Å². The van der Waals surface area contributed by atoms with Crippen LogP contribution in [0.15, 0.2) is 73.1 Å². The smallest absolute Gasteiger partial charge is 0.253 e. The van der Waals surface area contributed by atoms with Crippen LogP contribution in [0.1, 0.15) is 18.0 Å². The van der Waals surface area contributed by atoms with Gasteiger partial charge in [-0.15, -0.1) is 0 Å². The summed E-state index contributed by atoms with van der Waals surface area (Å²) in [5.41, 5.74) is 2.44. The van der Waals surface area contributed by atoms with Gasteiger partial charge in [0.2, 0.25) is 11.9 Å². The molecule has 31 heavy (non-hydrogen) atoms. The van der Waals surface area contributed by atoms with Crippen LogP contribution in [0.5, 0.6) is 0 Å². The molecule has 0 fully saturated rings. The summed E-state index contributed by atoms with van der Waals surface area (Å²) in [4.78, 5) is 36.3. The Hall–Kier alpha value is -4.07. The van der Waals surface area contributed by atoms with E-state index in [1.54, 1.807) is 40.1 Å². The van der Waals surface area contributed by atoms with Crippen LogP contribution in [-0.2, 0) is 16.1 Å². The number of imidazole rings is 1. The summed E-state index contributed by atoms with van der Waals surface area (Å²) in [6.07, 6.45) is 3.23. The third-order valence-corrected chi connectivity index (χ3v) is 5.27. The Morgan fingerprint density at radius 3 is 2.68 bits per heavy atom. The first-order valence-corrected chi connectivity index (χ1v) is 9.83. The summed E-state index contributed by atoms with van der Waals surface area (Å²) in [7, 11) is 0. The minimum atomic E-state index is -0.772. The van der Waals surface area contributed by atoms with Crippen molar-refractivity contribution in [2.45, 2.75) is 19.0 Å². The Kier molecular flexibility index (Phi) is 4.66. The number of amides is 2. The molecule has 0 bridgehead atoms. The first-order valence-electron chi connectivity index (χ1n) is 9.83. The lowest BCUT2D eigenvalue weighted by Crippen LogP contribution is -2.31. The van der Waals surface area contributed by atoms with Crippen molar-refractivity contribution in [1.29, 1.82) is 0 Å². The number of halogens is 1. The molecule has 2 amide bonds. The number of para-hydroxylation sites is 3. The number of hydrogen-bond donors (Lipinski definition) is 1. The maximum atomic E-state index is 13.9. The van der Waals surface area contributed by atoms with Gasteiger partial charge in [-0.1, -0.05) is 30.3 Å². The number of rotatable bonds is 5. The van der Waals surface area contributed by atoms with E-state index in [1.807, 2.05) is 30.3 Å². The Balaban J connectivity index is 1.48. The fourth-order valence-corrected chi connectivity index (χ4v) is 3.86. The van der Waals surface area contributed by atoms with E-state index in [4.69, 9.17) is 0 Å². The standard InChI is InChI=1S/C23H18FN5O2/c24-16-7-1-2-8-17(16)26-21(30)12-20-22(31)28(14-15-6-5-11-25-13-15)23-27-18-9-3-4-10-19(18)29(20)23/h1-11,13,20H,12,14H2,(H,26,30)/t20-/m0/s1. The number of benzene rings is 2. The maximum absolute atomic E-state index is 13.9. The molecule has 3 heterocycles. The molecule has 4 aromatic rings. The first-order chi connectivity index (χ1) is 15.1. The van der Waals surface area contributed by atoms with E-state index in [-0.39, 0.29) is 18.0 Å². The number of carbonyl (C=O) groups is 2. The fraction of sp³-hybridized carbons (Fsp3) is 0.130. The van der Waals surface area contributed by atoms with Gasteiger partial charge < -0.3 is 5.32 Å². The number of carbonyl (C=O) groups excluding carboxylic acids is 2. The van der Waals surface area contributed by atoms with Crippen molar-refractivity contribution in [3.05, 3.63) is 84.4 Å². The summed E-state index contributed by atoms with van der Waals surface area (Å²) in [5.74, 6) is -0.726. The second-order valence-electron chi connectivity index (χ2n) is 7.30. The number of nitrogens with one attached hydrogen (secondary N) is 1. The molecule has 0 radical (unpaired) electrons. The van der Waals surface area contributed by atoms with Gasteiger partial charge in [0.05, 0.1) is 29.7 Å². The van der Waals surface area contributed by atoms with Gasteiger partial charge in [-0.05, 0) is 35.9 Å². The average molecular weight is 415 g/mol. The molecule has 0 unspecified atom stereocenters. The molecule has 154 valence electrons. The van der Waals surface area contributed by atoms with Crippen molar-refractivity contribution < 1.29 is 14.0 Å². The zero-order valence-corrected chi connectivity index (χ0v) is 16.4. The second kappa shape index (κ2) is 7.64. The number of aromatic nitrogens is 3. The number of anilines is 2. The van der Waals surface area contributed by atoms with E-state index in [0.717, 1.165) is 16.6 Å². The molecule has 0 spiro atoms. The van der Waals surface area contributed by atoms with Crippen molar-refractivity contribution in [3.63, 3.8) is 0 Å². The van der Waals surface area contributed by atoms with E-state index in [2.05, 4.69) is 15.3 Å². The van der Waals surface area contributed by atoms with E-state index in [0.29, 0.717) is 12.5 Å². The number of nitrogens with zero attached hydrogens (tertiary/aromatic N) is 4. The summed E-state index contributed by atoms with van der Waals surface area (Å²) in [6, 6.07) is 16.3. The fourth-order valence-electron chi connectivity index (χ4n) is 3.86. The molecule has 0 saturated carbocycles. The van der Waals surface area contributed by atoms with Crippen molar-refractivity contribution >= 4 is 34.5 Å². The lowest BCUT2D eigenvalue weighted by Gasteiger charge is -2.16. The molecule has 8 heteroatoms. The summed E-state index contributed by atoms with van der Waals surface area (Å²) in [5, 5.41) is 2.56. The van der Waals surface area contributed by atoms with Gasteiger partial charge in [0.25, 0.3) is 5.91 Å². The number of hydrogen-bond acceptors (Lipinski definition) is 4. The molecule has 2 aromatic carbocycles. The molecule has 5 rings (SSSR count). The largest absolute Gasteiger partial charge is 0.324 e. The van der Waals surface area contributed by atoms with Gasteiger partial charge in [-0.25, -0.2) is 9.37 Å². The van der Waals surface area contributed by atoms with E-state index in [9.17, 15) is 14.0 Å². The zero-order chi connectivity index (χ0) is 21.4. The summed E-state index contributed by atoms with van der Waals surface area (Å²) < 4.78 is 15.7. The van der Waals surface area contributed by atoms with Gasteiger partial charge in [-0.3, -0.25) is 24.0 Å². The first kappa shape index (κ1) is 18.9. The molecule has 7 nitrogen and oxygen atoms in total. The van der Waals surface area contributed by atoms with Gasteiger partial charge in [-0.2, -0.15) is 0 Å². The summed E-state index contributed by atoms with van der Waals surface area (Å²) in [6.45, 7) is 0.293. The lowest BCUT2D eigenvalue weighted by molar-refractivity contribution is -0.124. The molecule has 1 N–H and O–H groups in total. The van der Waals surface area contributed by atoms with Crippen LogP contribution in [0.4, 0.5) is 16.0 Å². The van der Waals surface area contributed by atoms with Crippen LogP contribution in [0, 0.1) is 5.82 Å². The predicted molar refractivity (Wildman–Crippen MR) is 114 cm³/mol. The Labute approximate surface area is 177 Å². The topological polar surface area (TPSA) is 80.1 Å². The van der Waals surface area contributed by atoms with Crippen LogP contribution in [0.25, 0.3) is 11.0 Å². The minimum absolute atomic E-state index is 0.0841. The molecule has 2 aromatic heterocycles. The van der Waals surface area contributed by atoms with Gasteiger partial charge in [0.15, 0.2) is 0 Å². The number of pyridine rings is 1. The molecular formula is C23H18FN5O2. The Bertz CT molecular complexity index is 1290. The van der Waals surface area contributed by atoms with Crippen LogP contribution in [0.2, 0.25) is 0 Å². The summed E-state index contributed by atoms with van der Waals surface area (Å²) >= 11 is 0. The molecule has 1 aliphatic heterocycles. The SMILES string of the molecule is O=C(C[C@H]1C(=O)N(Cc2cccnc2)c2nc3ccccc3n21)Nc1ccccc1F. The van der Waals surface area contributed by atoms with E-state index in [1.165, 1.54) is 12.1 Å². The normalized spacial score (nSPS) is 15.3. The van der Waals surface area contributed by atoms with E-state index < -0.39 is 17.8 Å². The predicted octanol–water partition coefficient (Wildman–Crippen LogP) is 3.69. The molecule has 0 saturated heterocycles. The third kappa shape index (κ3) is 3.42. The van der Waals surface area contributed by atoms with Crippen molar-refractivity contribution in [1.82, 2.24) is 14.5 Å². The average Bonchev–Trinajstić information content (AvgIpc) is 3.27. The highest BCUT2D eigenvalue weighted by atomic mass is 19.1. The van der Waals surface area contributed by atoms with Gasteiger partial charge >= 0.3 is 0 Å². The van der Waals surface area contributed by atoms with Crippen molar-refractivity contribution in [3.8, 4) is 0 Å². The van der Waals surface area contributed by atoms with Gasteiger partial charge in [0, 0.05) is 12.4 Å². The van der Waals surface area contributed by atoms with Crippen LogP contribution in [0.3, 0.4) is 0 Å². The van der Waals surface area contributed by atoms with Crippen LogP contribution < -0.4 is 10.2 Å². The highest BCUT2D eigenvalue weighted by Crippen LogP contribution is 2.37. The van der Waals surface area contributed by atoms with Crippen LogP contribution >= 0.6 is 0 Å². The Morgan fingerprint density at radius 1 is 1.06 bits per heavy atom. The molecule has 1 aliphatic rings. The van der Waals surface area contributed by atoms with Crippen molar-refractivity contribution in [2.75, 3.05) is 10.2 Å². The lowest BCUT2D eigenvalue weighted by atomic mass is 10.1. The monoisotopic (exact) mass is 415 g/mol. The third-order valence-electron chi connectivity index (χ3n) is 5.27. The molecule has 1 atom stereocenters. The highest BCUT2D eigenvalue weighted by Gasteiger charge is 2.40. The number of fused-ring (bicyclic) bond motifs is 3. The Morgan fingerprint density at radius 2 is 1.87 bits per heavy atom. The minimum Gasteiger partial charge on any atom is -0.324 e. The molecular weight excluding hydrogens is 397 g/mol. The maximum Gasteiger partial charge on any atom is 0.253 e. The van der Waals surface area contributed by atoms with Gasteiger partial charge in [0.1, 0.15) is 11.9 Å². The quantitative estimate of drug-likeness (QED) is 0.539. The highest BCUT2D eigenvalue weighted by molar-refractivity contribution is 6.05. The van der Waals surface area contributed by atoms with Crippen molar-refractivity contribution in [2.24, 2.45) is 0 Å². The zero-order valence-electron chi connectivity index (χ0n) is 16.4.